The van der Waals surface area contributed by atoms with E-state index in [1.807, 2.05) is 13.0 Å². The molecule has 0 aromatic carbocycles. The van der Waals surface area contributed by atoms with Crippen LogP contribution in [0, 0.1) is 0 Å². The van der Waals surface area contributed by atoms with Crippen LogP contribution >= 0.6 is 24.4 Å². The Balaban J connectivity index is 3.50. The Morgan fingerprint density at radius 2 is 1.75 bits per heavy atom. The molecule has 0 spiro atoms. The van der Waals surface area contributed by atoms with Gasteiger partial charge in [-0.15, -0.1) is 0 Å². The molecule has 0 aliphatic rings. The van der Waals surface area contributed by atoms with Crippen LogP contribution in [0.25, 0.3) is 0 Å². The highest BCUT2D eigenvalue weighted by Gasteiger charge is 1.91. The van der Waals surface area contributed by atoms with Gasteiger partial charge in [0.15, 0.2) is 10.2 Å². The molecule has 0 saturated carbocycles. The predicted octanol–water partition coefficient (Wildman–Crippen LogP) is -0.00700. The molecule has 0 atom stereocenters. The second kappa shape index (κ2) is 6.81. The molecule has 0 heterocycles. The summed E-state index contributed by atoms with van der Waals surface area (Å²) in [4.78, 5) is 0. The first-order valence-electron chi connectivity index (χ1n) is 3.36. The molecule has 12 heavy (non-hydrogen) atoms. The fourth-order valence-corrected chi connectivity index (χ4v) is 0.541. The molecule has 0 rings (SSSR count). The number of hydrogen-bond acceptors (Lipinski definition) is 2. The number of hydrogen-bond donors (Lipinski definition) is 4. The Morgan fingerprint density at radius 1 is 1.17 bits per heavy atom. The Labute approximate surface area is 82.8 Å². The van der Waals surface area contributed by atoms with Crippen LogP contribution in [0.1, 0.15) is 6.92 Å². The second-order valence-electron chi connectivity index (χ2n) is 1.80. The molecule has 0 aromatic heterocycles. The summed E-state index contributed by atoms with van der Waals surface area (Å²) in [6.45, 7) is 1.89. The zero-order valence-corrected chi connectivity index (χ0v) is 8.60. The van der Waals surface area contributed by atoms with E-state index in [9.17, 15) is 0 Å². The lowest BCUT2D eigenvalue weighted by molar-refractivity contribution is 0.834. The monoisotopic (exact) mass is 204 g/mol. The van der Waals surface area contributed by atoms with Gasteiger partial charge in [-0.3, -0.25) is 10.9 Å². The second-order valence-corrected chi connectivity index (χ2v) is 2.62. The highest BCUT2D eigenvalue weighted by molar-refractivity contribution is 7.80. The van der Waals surface area contributed by atoms with Crippen molar-refractivity contribution in [2.45, 2.75) is 6.92 Å². The largest absolute Gasteiger partial charge is 0.364 e. The third kappa shape index (κ3) is 5.87. The number of rotatable bonds is 1. The topological polar surface area (TPSA) is 48.1 Å². The van der Waals surface area contributed by atoms with E-state index in [-0.39, 0.29) is 0 Å². The zero-order chi connectivity index (χ0) is 9.40. The third-order valence-electron chi connectivity index (χ3n) is 0.898. The lowest BCUT2D eigenvalue weighted by atomic mass is 10.7. The van der Waals surface area contributed by atoms with Gasteiger partial charge in [0.25, 0.3) is 0 Å². The van der Waals surface area contributed by atoms with E-state index < -0.39 is 0 Å². The summed E-state index contributed by atoms with van der Waals surface area (Å²) >= 11 is 9.66. The van der Waals surface area contributed by atoms with Crippen molar-refractivity contribution in [2.24, 2.45) is 0 Å². The Morgan fingerprint density at radius 3 is 2.25 bits per heavy atom. The molecule has 6 heteroatoms. The van der Waals surface area contributed by atoms with Crippen LogP contribution in [-0.4, -0.2) is 17.3 Å². The Kier molecular flexibility index (Phi) is 6.31. The maximum atomic E-state index is 4.86. The highest BCUT2D eigenvalue weighted by atomic mass is 32.1. The highest BCUT2D eigenvalue weighted by Crippen LogP contribution is 1.66. The van der Waals surface area contributed by atoms with E-state index in [1.165, 1.54) is 0 Å². The van der Waals surface area contributed by atoms with Crippen LogP contribution in [0.2, 0.25) is 0 Å². The summed E-state index contributed by atoms with van der Waals surface area (Å²) in [5.41, 5.74) is 5.36. The molecule has 0 aliphatic heterocycles. The van der Waals surface area contributed by atoms with Crippen LogP contribution in [-0.2, 0) is 0 Å². The van der Waals surface area contributed by atoms with E-state index in [4.69, 9.17) is 24.4 Å². The fourth-order valence-electron chi connectivity index (χ4n) is 0.371. The van der Waals surface area contributed by atoms with Gasteiger partial charge in [-0.1, -0.05) is 6.08 Å². The first-order valence-corrected chi connectivity index (χ1v) is 4.17. The van der Waals surface area contributed by atoms with Crippen LogP contribution in [0.3, 0.4) is 0 Å². The van der Waals surface area contributed by atoms with Crippen LogP contribution in [0.15, 0.2) is 12.3 Å². The van der Waals surface area contributed by atoms with E-state index in [1.54, 1.807) is 13.2 Å². The van der Waals surface area contributed by atoms with Crippen molar-refractivity contribution in [3.05, 3.63) is 12.3 Å². The van der Waals surface area contributed by atoms with E-state index in [2.05, 4.69) is 21.5 Å². The Hall–Kier alpha value is -0.880. The third-order valence-corrected chi connectivity index (χ3v) is 1.42. The minimum atomic E-state index is 0.464. The molecule has 0 fully saturated rings. The number of hydrazine groups is 1. The van der Waals surface area contributed by atoms with Crippen molar-refractivity contribution in [3.8, 4) is 0 Å². The molecule has 0 radical (unpaired) electrons. The van der Waals surface area contributed by atoms with Crippen molar-refractivity contribution in [3.63, 3.8) is 0 Å². The standard InChI is InChI=1S/C6H12N4S2/c1-3-4-8-6(12)10-9-5(11)7-2/h3-4H,1-2H3,(H2,7,9,11)(H2,8,10,12). The SMILES string of the molecule is CC=CNC(=S)NNC(=S)NC. The average Bonchev–Trinajstić information content (AvgIpc) is 2.10. The summed E-state index contributed by atoms with van der Waals surface area (Å²) in [7, 11) is 1.72. The number of thiocarbonyl (C=S) groups is 2. The molecule has 68 valence electrons. The van der Waals surface area contributed by atoms with Crippen LogP contribution < -0.4 is 21.5 Å². The summed E-state index contributed by atoms with van der Waals surface area (Å²) in [5, 5.41) is 6.48. The van der Waals surface area contributed by atoms with Gasteiger partial charge >= 0.3 is 0 Å². The summed E-state index contributed by atoms with van der Waals surface area (Å²) in [6, 6.07) is 0. The van der Waals surface area contributed by atoms with E-state index in [0.717, 1.165) is 0 Å². The van der Waals surface area contributed by atoms with Gasteiger partial charge < -0.3 is 10.6 Å². The van der Waals surface area contributed by atoms with Gasteiger partial charge in [0.2, 0.25) is 0 Å². The van der Waals surface area contributed by atoms with E-state index in [0.29, 0.717) is 10.2 Å². The lowest BCUT2D eigenvalue weighted by Gasteiger charge is -2.09. The fraction of sp³-hybridized carbons (Fsp3) is 0.333. The predicted molar refractivity (Wildman–Crippen MR) is 58.5 cm³/mol. The lowest BCUT2D eigenvalue weighted by Crippen LogP contribution is -2.48. The minimum Gasteiger partial charge on any atom is -0.364 e. The van der Waals surface area contributed by atoms with Crippen molar-refractivity contribution in [1.29, 1.82) is 0 Å². The van der Waals surface area contributed by atoms with Crippen molar-refractivity contribution in [2.75, 3.05) is 7.05 Å². The summed E-state index contributed by atoms with van der Waals surface area (Å²) in [5.74, 6) is 0. The van der Waals surface area contributed by atoms with Gasteiger partial charge in [0.05, 0.1) is 0 Å². The molecule has 0 saturated heterocycles. The summed E-state index contributed by atoms with van der Waals surface area (Å²) < 4.78 is 0. The van der Waals surface area contributed by atoms with E-state index >= 15 is 0 Å². The van der Waals surface area contributed by atoms with Gasteiger partial charge in [0.1, 0.15) is 0 Å². The quantitative estimate of drug-likeness (QED) is 0.356. The first kappa shape index (κ1) is 11.1. The molecular weight excluding hydrogens is 192 g/mol. The molecular formula is C6H12N4S2. The maximum Gasteiger partial charge on any atom is 0.189 e. The minimum absolute atomic E-state index is 0.464. The maximum absolute atomic E-state index is 4.86. The Bertz CT molecular complexity index is 190. The van der Waals surface area contributed by atoms with Crippen molar-refractivity contribution < 1.29 is 0 Å². The molecule has 0 bridgehead atoms. The molecule has 0 aromatic rings. The smallest absolute Gasteiger partial charge is 0.189 e. The van der Waals surface area contributed by atoms with Crippen molar-refractivity contribution >= 4 is 34.7 Å². The normalized spacial score (nSPS) is 9.17. The molecule has 4 N–H and O–H groups in total. The zero-order valence-electron chi connectivity index (χ0n) is 6.97. The molecule has 4 nitrogen and oxygen atoms in total. The number of nitrogens with one attached hydrogen (secondary N) is 4. The molecule has 0 aliphatic carbocycles. The summed E-state index contributed by atoms with van der Waals surface area (Å²) in [6.07, 6.45) is 3.56. The average molecular weight is 204 g/mol. The van der Waals surface area contributed by atoms with Crippen LogP contribution in [0.4, 0.5) is 0 Å². The van der Waals surface area contributed by atoms with Crippen LogP contribution in [0.5, 0.6) is 0 Å². The molecule has 0 unspecified atom stereocenters. The molecule has 0 amide bonds. The van der Waals surface area contributed by atoms with Gasteiger partial charge in [-0.25, -0.2) is 0 Å². The van der Waals surface area contributed by atoms with Gasteiger partial charge in [0, 0.05) is 7.05 Å². The van der Waals surface area contributed by atoms with Gasteiger partial charge in [-0.2, -0.15) is 0 Å². The van der Waals surface area contributed by atoms with Crippen molar-refractivity contribution in [1.82, 2.24) is 21.5 Å². The first-order chi connectivity index (χ1) is 5.70. The van der Waals surface area contributed by atoms with Gasteiger partial charge in [-0.05, 0) is 37.6 Å². The number of allylic oxidation sites excluding steroid dienone is 1.